The Morgan fingerprint density at radius 2 is 1.15 bits per heavy atom. The first-order valence-corrected chi connectivity index (χ1v) is 13.5. The third-order valence-electron chi connectivity index (χ3n) is 5.64. The third-order valence-corrected chi connectivity index (χ3v) is 7.58. The molecule has 0 aliphatic rings. The third kappa shape index (κ3) is 11.5. The zero-order valence-electron chi connectivity index (χ0n) is 19.5. The molecule has 0 amide bonds. The monoisotopic (exact) mass is 482 g/mol. The van der Waals surface area contributed by atoms with E-state index in [1.165, 1.54) is 28.6 Å². The molecule has 9 heteroatoms. The van der Waals surface area contributed by atoms with Crippen molar-refractivity contribution in [1.29, 1.82) is 0 Å². The fourth-order valence-corrected chi connectivity index (χ4v) is 5.44. The van der Waals surface area contributed by atoms with Crippen LogP contribution in [0.25, 0.3) is 0 Å². The molecule has 0 aromatic heterocycles. The summed E-state index contributed by atoms with van der Waals surface area (Å²) in [5.74, 6) is 0. The first-order chi connectivity index (χ1) is 15.9. The average Bonchev–Trinajstić information content (AvgIpc) is 2.80. The smallest absolute Gasteiger partial charge is 0.289 e. The van der Waals surface area contributed by atoms with E-state index in [1.807, 2.05) is 0 Å². The lowest BCUT2D eigenvalue weighted by atomic mass is 10.1. The van der Waals surface area contributed by atoms with E-state index in [0.717, 1.165) is 76.8 Å². The van der Waals surface area contributed by atoms with Crippen LogP contribution in [-0.4, -0.2) is 43.3 Å². The first-order valence-electron chi connectivity index (χ1n) is 12.1. The highest BCUT2D eigenvalue weighted by Gasteiger charge is 2.30. The van der Waals surface area contributed by atoms with Crippen LogP contribution in [-0.2, 0) is 19.6 Å². The number of hydrogen-bond acceptors (Lipinski definition) is 6. The number of benzene rings is 1. The van der Waals surface area contributed by atoms with Crippen molar-refractivity contribution in [3.8, 4) is 0 Å². The zero-order valence-corrected chi connectivity index (χ0v) is 20.3. The van der Waals surface area contributed by atoms with Crippen molar-refractivity contribution in [2.75, 3.05) is 13.1 Å². The van der Waals surface area contributed by atoms with E-state index in [1.54, 1.807) is 0 Å². The lowest BCUT2D eigenvalue weighted by Gasteiger charge is -2.22. The van der Waals surface area contributed by atoms with Crippen LogP contribution >= 0.6 is 0 Å². The lowest BCUT2D eigenvalue weighted by Crippen LogP contribution is -2.33. The molecule has 0 bridgehead atoms. The van der Waals surface area contributed by atoms with Gasteiger partial charge in [-0.2, -0.15) is 4.31 Å². The summed E-state index contributed by atoms with van der Waals surface area (Å²) in [6.45, 7) is 0.671. The van der Waals surface area contributed by atoms with E-state index in [2.05, 4.69) is 0 Å². The SMILES string of the molecule is O=CCCCCCCCCN(CCCCCCCCC=O)S(=O)(=O)c1ccccc1[N+](=O)[O-]. The van der Waals surface area contributed by atoms with Gasteiger partial charge < -0.3 is 9.59 Å². The van der Waals surface area contributed by atoms with Crippen LogP contribution < -0.4 is 0 Å². The van der Waals surface area contributed by atoms with E-state index >= 15 is 0 Å². The van der Waals surface area contributed by atoms with Crippen molar-refractivity contribution in [3.63, 3.8) is 0 Å². The lowest BCUT2D eigenvalue weighted by molar-refractivity contribution is -0.387. The number of carbonyl (C=O) groups is 2. The van der Waals surface area contributed by atoms with E-state index in [0.29, 0.717) is 38.8 Å². The predicted molar refractivity (Wildman–Crippen MR) is 129 cm³/mol. The largest absolute Gasteiger partial charge is 0.303 e. The molecule has 8 nitrogen and oxygen atoms in total. The van der Waals surface area contributed by atoms with Crippen LogP contribution in [0.5, 0.6) is 0 Å². The molecule has 186 valence electrons. The van der Waals surface area contributed by atoms with Crippen molar-refractivity contribution < 1.29 is 22.9 Å². The van der Waals surface area contributed by atoms with Crippen LogP contribution in [0.3, 0.4) is 0 Å². The summed E-state index contributed by atoms with van der Waals surface area (Å²) in [5.41, 5.74) is -0.396. The average molecular weight is 483 g/mol. The van der Waals surface area contributed by atoms with Crippen LogP contribution in [0.2, 0.25) is 0 Å². The molecule has 33 heavy (non-hydrogen) atoms. The summed E-state index contributed by atoms with van der Waals surface area (Å²) in [6, 6.07) is 5.51. The van der Waals surface area contributed by atoms with Gasteiger partial charge in [-0.1, -0.05) is 63.5 Å². The highest BCUT2D eigenvalue weighted by Crippen LogP contribution is 2.27. The summed E-state index contributed by atoms with van der Waals surface area (Å²) < 4.78 is 28.0. The van der Waals surface area contributed by atoms with Crippen LogP contribution in [0, 0.1) is 10.1 Å². The van der Waals surface area contributed by atoms with Crippen molar-refractivity contribution in [2.45, 2.75) is 94.8 Å². The molecule has 0 N–H and O–H groups in total. The van der Waals surface area contributed by atoms with Crippen LogP contribution in [0.4, 0.5) is 5.69 Å². The Morgan fingerprint density at radius 3 is 1.61 bits per heavy atom. The normalized spacial score (nSPS) is 11.5. The van der Waals surface area contributed by atoms with Gasteiger partial charge in [-0.3, -0.25) is 10.1 Å². The molecule has 1 rings (SSSR count). The van der Waals surface area contributed by atoms with Gasteiger partial charge in [0.15, 0.2) is 4.90 Å². The number of nitro groups is 1. The first kappa shape index (κ1) is 28.9. The summed E-state index contributed by atoms with van der Waals surface area (Å²) in [6.07, 6.45) is 13.9. The van der Waals surface area contributed by atoms with Gasteiger partial charge in [0.1, 0.15) is 12.6 Å². The van der Waals surface area contributed by atoms with Crippen molar-refractivity contribution in [3.05, 3.63) is 34.4 Å². The van der Waals surface area contributed by atoms with Gasteiger partial charge in [0, 0.05) is 32.0 Å². The van der Waals surface area contributed by atoms with Gasteiger partial charge in [0.25, 0.3) is 5.69 Å². The number of nitro benzene ring substituents is 1. The molecular formula is C24H38N2O6S. The summed E-state index contributed by atoms with van der Waals surface area (Å²) in [5, 5.41) is 11.4. The Morgan fingerprint density at radius 1 is 0.727 bits per heavy atom. The molecule has 1 aromatic rings. The Labute approximate surface area is 197 Å². The summed E-state index contributed by atoms with van der Waals surface area (Å²) >= 11 is 0. The minimum Gasteiger partial charge on any atom is -0.303 e. The van der Waals surface area contributed by atoms with Crippen molar-refractivity contribution >= 4 is 28.3 Å². The molecule has 0 saturated carbocycles. The molecule has 0 fully saturated rings. The number of rotatable bonds is 21. The minimum absolute atomic E-state index is 0.252. The number of carbonyl (C=O) groups excluding carboxylic acids is 2. The Kier molecular flexibility index (Phi) is 15.2. The van der Waals surface area contributed by atoms with E-state index in [-0.39, 0.29) is 4.90 Å². The second-order valence-electron chi connectivity index (χ2n) is 8.28. The molecule has 0 unspecified atom stereocenters. The number of sulfonamides is 1. The van der Waals surface area contributed by atoms with Crippen LogP contribution in [0.1, 0.15) is 89.9 Å². The number of aldehydes is 2. The maximum Gasteiger partial charge on any atom is 0.289 e. The maximum atomic E-state index is 13.3. The van der Waals surface area contributed by atoms with Gasteiger partial charge in [0.2, 0.25) is 10.0 Å². The summed E-state index contributed by atoms with van der Waals surface area (Å²) in [7, 11) is -3.97. The Hall–Kier alpha value is -2.13. The fraction of sp³-hybridized carbons (Fsp3) is 0.667. The van der Waals surface area contributed by atoms with Gasteiger partial charge in [-0.25, -0.2) is 8.42 Å². The molecule has 0 saturated heterocycles. The predicted octanol–water partition coefficient (Wildman–Crippen LogP) is 5.44. The highest BCUT2D eigenvalue weighted by atomic mass is 32.2. The van der Waals surface area contributed by atoms with Crippen LogP contribution in [0.15, 0.2) is 29.2 Å². The minimum atomic E-state index is -3.97. The number of para-hydroxylation sites is 1. The molecule has 0 spiro atoms. The molecular weight excluding hydrogens is 444 g/mol. The standard InChI is InChI=1S/C24H38N2O6S/c27-21-15-9-5-1-3-7-13-19-25(20-14-8-4-2-6-10-16-22-28)33(31,32)24-18-12-11-17-23(24)26(29)30/h11-12,17-18,21-22H,1-10,13-16,19-20H2. The molecule has 0 atom stereocenters. The molecule has 0 radical (unpaired) electrons. The Bertz CT molecular complexity index is 789. The fourth-order valence-electron chi connectivity index (χ4n) is 3.76. The van der Waals surface area contributed by atoms with E-state index in [9.17, 15) is 28.1 Å². The number of unbranched alkanes of at least 4 members (excludes halogenated alkanes) is 12. The van der Waals surface area contributed by atoms with E-state index < -0.39 is 20.6 Å². The van der Waals surface area contributed by atoms with Crippen molar-refractivity contribution in [2.24, 2.45) is 0 Å². The Balaban J connectivity index is 2.67. The van der Waals surface area contributed by atoms with Gasteiger partial charge in [-0.15, -0.1) is 0 Å². The second-order valence-corrected chi connectivity index (χ2v) is 10.2. The second kappa shape index (κ2) is 17.4. The highest BCUT2D eigenvalue weighted by molar-refractivity contribution is 7.89. The topological polar surface area (TPSA) is 115 Å². The van der Waals surface area contributed by atoms with Crippen molar-refractivity contribution in [1.82, 2.24) is 4.31 Å². The molecule has 1 aromatic carbocycles. The van der Waals surface area contributed by atoms with Gasteiger partial charge in [0.05, 0.1) is 4.92 Å². The zero-order chi connectivity index (χ0) is 24.4. The van der Waals surface area contributed by atoms with Gasteiger partial charge in [-0.05, 0) is 31.7 Å². The number of nitrogens with zero attached hydrogens (tertiary/aromatic N) is 2. The quantitative estimate of drug-likeness (QED) is 0.0996. The maximum absolute atomic E-state index is 13.3. The molecule has 0 heterocycles. The van der Waals surface area contributed by atoms with Gasteiger partial charge >= 0.3 is 0 Å². The summed E-state index contributed by atoms with van der Waals surface area (Å²) in [4.78, 5) is 31.2. The molecule has 0 aliphatic heterocycles. The van der Waals surface area contributed by atoms with E-state index in [4.69, 9.17) is 0 Å². The molecule has 0 aliphatic carbocycles. The number of hydrogen-bond donors (Lipinski definition) is 0.